The summed E-state index contributed by atoms with van der Waals surface area (Å²) in [6.45, 7) is 8.41. The summed E-state index contributed by atoms with van der Waals surface area (Å²) in [6.07, 6.45) is 4.48. The topological polar surface area (TPSA) is 64.9 Å². The predicted molar refractivity (Wildman–Crippen MR) is 66.8 cm³/mol. The van der Waals surface area contributed by atoms with Crippen LogP contribution in [0.2, 0.25) is 0 Å². The summed E-state index contributed by atoms with van der Waals surface area (Å²) >= 11 is 0. The molecule has 4 nitrogen and oxygen atoms in total. The van der Waals surface area contributed by atoms with Crippen molar-refractivity contribution in [2.45, 2.75) is 70.3 Å². The zero-order valence-electron chi connectivity index (χ0n) is 11.3. The molecule has 0 bridgehead atoms. The van der Waals surface area contributed by atoms with E-state index in [0.29, 0.717) is 0 Å². The van der Waals surface area contributed by atoms with E-state index in [2.05, 4.69) is 37.8 Å². The fourth-order valence-electron chi connectivity index (χ4n) is 2.39. The van der Waals surface area contributed by atoms with Crippen LogP contribution in [0.4, 0.5) is 0 Å². The van der Waals surface area contributed by atoms with Crippen molar-refractivity contribution in [1.29, 1.82) is 0 Å². The second-order valence-corrected chi connectivity index (χ2v) is 6.44. The first-order valence-corrected chi connectivity index (χ1v) is 6.44. The summed E-state index contributed by atoms with van der Waals surface area (Å²) in [4.78, 5) is 4.57. The van der Waals surface area contributed by atoms with Gasteiger partial charge in [-0.25, -0.2) is 0 Å². The van der Waals surface area contributed by atoms with Gasteiger partial charge in [0.05, 0.1) is 5.41 Å². The van der Waals surface area contributed by atoms with Crippen LogP contribution in [0.5, 0.6) is 0 Å². The van der Waals surface area contributed by atoms with Gasteiger partial charge in [-0.2, -0.15) is 4.98 Å². The summed E-state index contributed by atoms with van der Waals surface area (Å²) in [5.41, 5.74) is 6.02. The molecular formula is C13H23N3O. The summed E-state index contributed by atoms with van der Waals surface area (Å²) < 4.78 is 5.46. The Bertz CT molecular complexity index is 394. The highest BCUT2D eigenvalue weighted by Gasteiger charge is 2.41. The lowest BCUT2D eigenvalue weighted by molar-refractivity contribution is 0.202. The maximum Gasteiger partial charge on any atom is 0.234 e. The predicted octanol–water partition coefficient (Wildman–Crippen LogP) is 2.53. The highest BCUT2D eigenvalue weighted by molar-refractivity contribution is 5.12. The summed E-state index contributed by atoms with van der Waals surface area (Å²) in [5.74, 6) is 1.49. The maximum absolute atomic E-state index is 6.24. The zero-order chi connectivity index (χ0) is 12.7. The van der Waals surface area contributed by atoms with Crippen molar-refractivity contribution in [2.75, 3.05) is 0 Å². The molecule has 1 heterocycles. The van der Waals surface area contributed by atoms with Gasteiger partial charge in [-0.3, -0.25) is 0 Å². The summed E-state index contributed by atoms with van der Waals surface area (Å²) in [7, 11) is 0. The fourth-order valence-corrected chi connectivity index (χ4v) is 2.39. The monoisotopic (exact) mass is 237 g/mol. The second kappa shape index (κ2) is 4.09. The van der Waals surface area contributed by atoms with Crippen LogP contribution in [-0.4, -0.2) is 16.2 Å². The Balaban J connectivity index is 2.30. The minimum Gasteiger partial charge on any atom is -0.339 e. The third kappa shape index (κ3) is 2.23. The second-order valence-electron chi connectivity index (χ2n) is 6.44. The molecule has 0 spiro atoms. The quantitative estimate of drug-likeness (QED) is 0.815. The van der Waals surface area contributed by atoms with Crippen LogP contribution in [0.1, 0.15) is 65.1 Å². The molecule has 0 aliphatic heterocycles. The smallest absolute Gasteiger partial charge is 0.234 e. The van der Waals surface area contributed by atoms with E-state index in [0.717, 1.165) is 24.6 Å². The lowest BCUT2D eigenvalue weighted by Gasteiger charge is -2.36. The number of aromatic nitrogens is 2. The first-order chi connectivity index (χ1) is 7.84. The molecule has 1 saturated carbocycles. The molecule has 0 saturated heterocycles. The SMILES string of the molecule is CC(C)(C)c1noc(C2(C)CCCCC2N)n1. The van der Waals surface area contributed by atoms with Crippen LogP contribution in [0.15, 0.2) is 4.52 Å². The van der Waals surface area contributed by atoms with Gasteiger partial charge in [0.2, 0.25) is 5.89 Å². The Labute approximate surface area is 103 Å². The molecule has 1 aliphatic rings. The normalized spacial score (nSPS) is 30.5. The molecule has 2 unspecified atom stereocenters. The molecule has 1 fully saturated rings. The van der Waals surface area contributed by atoms with Crippen LogP contribution < -0.4 is 5.73 Å². The molecule has 0 aromatic carbocycles. The molecule has 2 N–H and O–H groups in total. The van der Waals surface area contributed by atoms with Crippen LogP contribution in [0, 0.1) is 0 Å². The van der Waals surface area contributed by atoms with Crippen molar-refractivity contribution in [2.24, 2.45) is 5.73 Å². The van der Waals surface area contributed by atoms with Crippen molar-refractivity contribution >= 4 is 0 Å². The molecule has 0 radical (unpaired) electrons. The van der Waals surface area contributed by atoms with Crippen molar-refractivity contribution in [3.63, 3.8) is 0 Å². The van der Waals surface area contributed by atoms with Crippen molar-refractivity contribution < 1.29 is 4.52 Å². The molecule has 2 atom stereocenters. The summed E-state index contributed by atoms with van der Waals surface area (Å²) in [6, 6.07) is 0.129. The number of hydrogen-bond acceptors (Lipinski definition) is 4. The Morgan fingerprint density at radius 1 is 1.35 bits per heavy atom. The van der Waals surface area contributed by atoms with Gasteiger partial charge in [0.25, 0.3) is 0 Å². The van der Waals surface area contributed by atoms with Gasteiger partial charge < -0.3 is 10.3 Å². The third-order valence-electron chi connectivity index (χ3n) is 3.87. The van der Waals surface area contributed by atoms with Gasteiger partial charge in [0.1, 0.15) is 0 Å². The first-order valence-electron chi connectivity index (χ1n) is 6.44. The molecule has 2 rings (SSSR count). The number of rotatable bonds is 1. The van der Waals surface area contributed by atoms with E-state index in [1.807, 2.05) is 0 Å². The van der Waals surface area contributed by atoms with Gasteiger partial charge in [-0.1, -0.05) is 38.8 Å². The first kappa shape index (κ1) is 12.6. The van der Waals surface area contributed by atoms with Crippen molar-refractivity contribution in [3.05, 3.63) is 11.7 Å². The molecule has 17 heavy (non-hydrogen) atoms. The Morgan fingerprint density at radius 2 is 2.06 bits per heavy atom. The standard InChI is InChI=1S/C13H23N3O/c1-12(2,3)10-15-11(17-16-10)13(4)8-6-5-7-9(13)14/h9H,5-8,14H2,1-4H3. The molecule has 96 valence electrons. The average Bonchev–Trinajstić information content (AvgIpc) is 2.71. The highest BCUT2D eigenvalue weighted by atomic mass is 16.5. The molecule has 1 aliphatic carbocycles. The molecule has 1 aromatic heterocycles. The zero-order valence-corrected chi connectivity index (χ0v) is 11.3. The molecule has 0 amide bonds. The van der Waals surface area contributed by atoms with Gasteiger partial charge >= 0.3 is 0 Å². The van der Waals surface area contributed by atoms with E-state index in [-0.39, 0.29) is 16.9 Å². The average molecular weight is 237 g/mol. The Morgan fingerprint density at radius 3 is 2.59 bits per heavy atom. The van der Waals surface area contributed by atoms with Gasteiger partial charge in [-0.15, -0.1) is 0 Å². The van der Waals surface area contributed by atoms with Gasteiger partial charge in [-0.05, 0) is 19.8 Å². The number of nitrogens with two attached hydrogens (primary N) is 1. The van der Waals surface area contributed by atoms with Gasteiger partial charge in [0.15, 0.2) is 5.82 Å². The third-order valence-corrected chi connectivity index (χ3v) is 3.87. The van der Waals surface area contributed by atoms with Gasteiger partial charge in [0, 0.05) is 11.5 Å². The van der Waals surface area contributed by atoms with E-state index in [9.17, 15) is 0 Å². The van der Waals surface area contributed by atoms with Crippen LogP contribution in [0.3, 0.4) is 0 Å². The van der Waals surface area contributed by atoms with E-state index >= 15 is 0 Å². The van der Waals surface area contributed by atoms with Crippen molar-refractivity contribution in [1.82, 2.24) is 10.1 Å². The summed E-state index contributed by atoms with van der Waals surface area (Å²) in [5, 5.41) is 4.10. The van der Waals surface area contributed by atoms with Crippen LogP contribution in [0.25, 0.3) is 0 Å². The minimum absolute atomic E-state index is 0.0725. The lowest BCUT2D eigenvalue weighted by Crippen LogP contribution is -2.45. The molecular weight excluding hydrogens is 214 g/mol. The minimum atomic E-state index is -0.144. The highest BCUT2D eigenvalue weighted by Crippen LogP contribution is 2.38. The fraction of sp³-hybridized carbons (Fsp3) is 0.846. The maximum atomic E-state index is 6.24. The van der Waals surface area contributed by atoms with E-state index in [4.69, 9.17) is 10.3 Å². The van der Waals surface area contributed by atoms with Crippen molar-refractivity contribution in [3.8, 4) is 0 Å². The largest absolute Gasteiger partial charge is 0.339 e. The number of nitrogens with zero attached hydrogens (tertiary/aromatic N) is 2. The van der Waals surface area contributed by atoms with Crippen LogP contribution >= 0.6 is 0 Å². The Kier molecular flexibility index (Phi) is 3.02. The molecule has 1 aromatic rings. The lowest BCUT2D eigenvalue weighted by atomic mass is 9.72. The number of hydrogen-bond donors (Lipinski definition) is 1. The molecule has 4 heteroatoms. The van der Waals surface area contributed by atoms with E-state index < -0.39 is 0 Å². The Hall–Kier alpha value is -0.900. The van der Waals surface area contributed by atoms with Crippen LogP contribution in [-0.2, 0) is 10.8 Å². The van der Waals surface area contributed by atoms with E-state index in [1.165, 1.54) is 12.8 Å². The van der Waals surface area contributed by atoms with E-state index in [1.54, 1.807) is 0 Å².